The molecular weight excluding hydrogens is 407 g/mol. The molecule has 0 bridgehead atoms. The molecular formula is C23H22F3N3O2. The van der Waals surface area contributed by atoms with Gasteiger partial charge in [0.1, 0.15) is 22.9 Å². The van der Waals surface area contributed by atoms with E-state index in [2.05, 4.69) is 4.98 Å². The van der Waals surface area contributed by atoms with Crippen molar-refractivity contribution in [3.63, 3.8) is 0 Å². The fourth-order valence-corrected chi connectivity index (χ4v) is 3.94. The molecule has 2 amide bonds. The molecule has 2 aliphatic carbocycles. The Morgan fingerprint density at radius 3 is 2.00 bits per heavy atom. The number of H-pyrrole nitrogens is 1. The lowest BCUT2D eigenvalue weighted by molar-refractivity contribution is -0.133. The predicted octanol–water partition coefficient (Wildman–Crippen LogP) is 4.26. The molecule has 2 saturated carbocycles. The third-order valence-corrected chi connectivity index (χ3v) is 6.20. The number of benzene rings is 2. The summed E-state index contributed by atoms with van der Waals surface area (Å²) in [5, 5.41) is 0.599. The molecule has 5 nitrogen and oxygen atoms in total. The molecule has 31 heavy (non-hydrogen) atoms. The van der Waals surface area contributed by atoms with Crippen LogP contribution < -0.4 is 11.5 Å². The van der Waals surface area contributed by atoms with Gasteiger partial charge in [0, 0.05) is 11.5 Å². The summed E-state index contributed by atoms with van der Waals surface area (Å²) < 4.78 is 40.8. The number of primary amides is 2. The van der Waals surface area contributed by atoms with E-state index >= 15 is 0 Å². The number of nitrogens with two attached hydrogens (primary N) is 2. The number of fused-ring (bicyclic) bond motifs is 1. The van der Waals surface area contributed by atoms with Crippen LogP contribution in [0.5, 0.6) is 0 Å². The summed E-state index contributed by atoms with van der Waals surface area (Å²) in [6.07, 6.45) is 4.20. The van der Waals surface area contributed by atoms with Gasteiger partial charge in [-0.1, -0.05) is 6.42 Å². The Hall–Kier alpha value is -3.29. The van der Waals surface area contributed by atoms with E-state index in [4.69, 9.17) is 11.5 Å². The molecule has 1 heterocycles. The van der Waals surface area contributed by atoms with E-state index in [0.29, 0.717) is 29.7 Å². The Kier molecular flexibility index (Phi) is 5.24. The summed E-state index contributed by atoms with van der Waals surface area (Å²) in [6, 6.07) is 8.35. The van der Waals surface area contributed by atoms with Crippen molar-refractivity contribution in [2.45, 2.75) is 38.0 Å². The van der Waals surface area contributed by atoms with Gasteiger partial charge in [-0.25, -0.2) is 13.2 Å². The standard InChI is InChI=1S/C18H14F3N.C5H8N2O2/c19-12-6-4-11(5-7-12)17-16(10-2-1-3-10)14-8-13(20)9-15(21)18(14)22-17;6-3(8)5(1-2-5)4(7)9/h4-10,22H,1-3H2;1-2H2,(H2,6,8)(H2,7,9). The topological polar surface area (TPSA) is 102 Å². The van der Waals surface area contributed by atoms with Crippen LogP contribution in [0.3, 0.4) is 0 Å². The molecule has 0 spiro atoms. The number of aromatic nitrogens is 1. The largest absolute Gasteiger partial charge is 0.369 e. The highest BCUT2D eigenvalue weighted by atomic mass is 19.1. The van der Waals surface area contributed by atoms with Gasteiger partial charge in [-0.3, -0.25) is 9.59 Å². The maximum atomic E-state index is 14.1. The minimum absolute atomic E-state index is 0.301. The van der Waals surface area contributed by atoms with Gasteiger partial charge in [0.25, 0.3) is 0 Å². The van der Waals surface area contributed by atoms with Crippen LogP contribution in [0.25, 0.3) is 22.2 Å². The van der Waals surface area contributed by atoms with Crippen LogP contribution >= 0.6 is 0 Å². The van der Waals surface area contributed by atoms with E-state index in [1.54, 1.807) is 12.1 Å². The number of hydrogen-bond acceptors (Lipinski definition) is 2. The first-order chi connectivity index (χ1) is 14.7. The number of aromatic amines is 1. The molecule has 8 heteroatoms. The van der Waals surface area contributed by atoms with E-state index in [1.165, 1.54) is 18.2 Å². The van der Waals surface area contributed by atoms with Crippen molar-refractivity contribution >= 4 is 22.7 Å². The molecule has 0 saturated heterocycles. The number of rotatable bonds is 4. The number of nitrogens with one attached hydrogen (secondary N) is 1. The van der Waals surface area contributed by atoms with Gasteiger partial charge in [0.05, 0.1) is 11.2 Å². The molecule has 0 atom stereocenters. The molecule has 5 rings (SSSR count). The normalized spacial score (nSPS) is 16.9. The van der Waals surface area contributed by atoms with Crippen LogP contribution in [0.1, 0.15) is 43.6 Å². The van der Waals surface area contributed by atoms with Gasteiger partial charge in [-0.2, -0.15) is 0 Å². The summed E-state index contributed by atoms with van der Waals surface area (Å²) in [5.41, 5.74) is 11.6. The average Bonchev–Trinajstić information content (AvgIpc) is 3.41. The predicted molar refractivity (Wildman–Crippen MR) is 110 cm³/mol. The van der Waals surface area contributed by atoms with Crippen molar-refractivity contribution in [3.8, 4) is 11.3 Å². The van der Waals surface area contributed by atoms with Gasteiger partial charge in [0.2, 0.25) is 11.8 Å². The Morgan fingerprint density at radius 2 is 1.55 bits per heavy atom. The molecule has 162 valence electrons. The maximum Gasteiger partial charge on any atom is 0.233 e. The Balaban J connectivity index is 0.000000217. The van der Waals surface area contributed by atoms with Crippen LogP contribution in [0.4, 0.5) is 13.2 Å². The second-order valence-electron chi connectivity index (χ2n) is 8.17. The SMILES string of the molecule is Fc1ccc(-c2[nH]c3c(F)cc(F)cc3c2C2CCC2)cc1.NC(=O)C1(C(N)=O)CC1. The van der Waals surface area contributed by atoms with Crippen molar-refractivity contribution in [1.29, 1.82) is 0 Å². The number of hydrogen-bond donors (Lipinski definition) is 3. The first-order valence-corrected chi connectivity index (χ1v) is 10.1. The summed E-state index contributed by atoms with van der Waals surface area (Å²) in [6.45, 7) is 0. The van der Waals surface area contributed by atoms with Crippen molar-refractivity contribution in [3.05, 3.63) is 59.4 Å². The zero-order valence-corrected chi connectivity index (χ0v) is 16.7. The van der Waals surface area contributed by atoms with E-state index in [-0.39, 0.29) is 5.82 Å². The van der Waals surface area contributed by atoms with Gasteiger partial charge in [-0.05, 0) is 73.1 Å². The quantitative estimate of drug-likeness (QED) is 0.540. The highest BCUT2D eigenvalue weighted by Gasteiger charge is 2.54. The minimum Gasteiger partial charge on any atom is -0.369 e. The van der Waals surface area contributed by atoms with Crippen LogP contribution in [-0.4, -0.2) is 16.8 Å². The second-order valence-corrected chi connectivity index (χ2v) is 8.17. The number of carbonyl (C=O) groups is 2. The van der Waals surface area contributed by atoms with Crippen molar-refractivity contribution < 1.29 is 22.8 Å². The summed E-state index contributed by atoms with van der Waals surface area (Å²) >= 11 is 0. The molecule has 5 N–H and O–H groups in total. The van der Waals surface area contributed by atoms with Crippen LogP contribution in [-0.2, 0) is 9.59 Å². The lowest BCUT2D eigenvalue weighted by atomic mass is 9.78. The second kappa shape index (κ2) is 7.76. The number of halogens is 3. The lowest BCUT2D eigenvalue weighted by Gasteiger charge is -2.26. The van der Waals surface area contributed by atoms with Crippen LogP contribution in [0.15, 0.2) is 36.4 Å². The van der Waals surface area contributed by atoms with Crippen LogP contribution in [0.2, 0.25) is 0 Å². The van der Waals surface area contributed by atoms with E-state index < -0.39 is 28.9 Å². The Labute approximate surface area is 176 Å². The monoisotopic (exact) mass is 429 g/mol. The highest BCUT2D eigenvalue weighted by molar-refractivity contribution is 6.06. The van der Waals surface area contributed by atoms with Crippen molar-refractivity contribution in [2.24, 2.45) is 16.9 Å². The fourth-order valence-electron chi connectivity index (χ4n) is 3.94. The van der Waals surface area contributed by atoms with Crippen molar-refractivity contribution in [2.75, 3.05) is 0 Å². The Morgan fingerprint density at radius 1 is 0.935 bits per heavy atom. The molecule has 2 fully saturated rings. The van der Waals surface area contributed by atoms with Gasteiger partial charge < -0.3 is 16.5 Å². The Bertz CT molecular complexity index is 1150. The molecule has 3 aromatic rings. The molecule has 2 aromatic carbocycles. The molecule has 2 aliphatic rings. The number of amides is 2. The average molecular weight is 429 g/mol. The molecule has 1 aromatic heterocycles. The third kappa shape index (κ3) is 3.78. The maximum absolute atomic E-state index is 14.1. The summed E-state index contributed by atoms with van der Waals surface area (Å²) in [7, 11) is 0. The minimum atomic E-state index is -0.972. The smallest absolute Gasteiger partial charge is 0.233 e. The molecule has 0 unspecified atom stereocenters. The zero-order valence-electron chi connectivity index (χ0n) is 16.7. The van der Waals surface area contributed by atoms with Crippen molar-refractivity contribution in [1.82, 2.24) is 4.98 Å². The van der Waals surface area contributed by atoms with E-state index in [9.17, 15) is 22.8 Å². The first-order valence-electron chi connectivity index (χ1n) is 10.1. The summed E-state index contributed by atoms with van der Waals surface area (Å²) in [4.78, 5) is 24.0. The lowest BCUT2D eigenvalue weighted by Crippen LogP contribution is -2.36. The van der Waals surface area contributed by atoms with Crippen LogP contribution in [0, 0.1) is 22.9 Å². The van der Waals surface area contributed by atoms with Gasteiger partial charge in [0.15, 0.2) is 0 Å². The van der Waals surface area contributed by atoms with E-state index in [1.807, 2.05) is 0 Å². The summed E-state index contributed by atoms with van der Waals surface area (Å²) in [5.74, 6) is -2.36. The highest BCUT2D eigenvalue weighted by Crippen LogP contribution is 2.46. The first kappa shape index (κ1) is 21.0. The third-order valence-electron chi connectivity index (χ3n) is 6.20. The zero-order chi connectivity index (χ0) is 22.3. The van der Waals surface area contributed by atoms with Gasteiger partial charge in [-0.15, -0.1) is 0 Å². The molecule has 0 radical (unpaired) electrons. The molecule has 0 aliphatic heterocycles. The number of carbonyl (C=O) groups excluding carboxylic acids is 2. The van der Waals surface area contributed by atoms with Gasteiger partial charge >= 0.3 is 0 Å². The fraction of sp³-hybridized carbons (Fsp3) is 0.304. The van der Waals surface area contributed by atoms with E-state index in [0.717, 1.165) is 42.1 Å².